The summed E-state index contributed by atoms with van der Waals surface area (Å²) in [5, 5.41) is 4.17. The Kier molecular flexibility index (Phi) is 3.25. The summed E-state index contributed by atoms with van der Waals surface area (Å²) in [6.45, 7) is 0.682. The van der Waals surface area contributed by atoms with Crippen molar-refractivity contribution in [3.63, 3.8) is 0 Å². The highest BCUT2D eigenvalue weighted by atomic mass is 32.2. The predicted molar refractivity (Wildman–Crippen MR) is 70.9 cm³/mol. The van der Waals surface area contributed by atoms with Crippen LogP contribution in [0.25, 0.3) is 10.8 Å². The van der Waals surface area contributed by atoms with Gasteiger partial charge in [0.05, 0.1) is 5.69 Å². The minimum absolute atomic E-state index is 0.0476. The number of nitrogens with two attached hydrogens (primary N) is 1. The molecule has 0 spiro atoms. The van der Waals surface area contributed by atoms with E-state index in [1.54, 1.807) is 18.2 Å². The third kappa shape index (κ3) is 2.31. The Morgan fingerprint density at radius 1 is 1.28 bits per heavy atom. The van der Waals surface area contributed by atoms with Gasteiger partial charge in [-0.3, -0.25) is 4.55 Å². The molecular formula is C12H14N2O3S. The smallest absolute Gasteiger partial charge is 0.297 e. The predicted octanol–water partition coefficient (Wildman–Crippen LogP) is 1.39. The molecule has 0 unspecified atom stereocenters. The third-order valence-electron chi connectivity index (χ3n) is 2.70. The second-order valence-corrected chi connectivity index (χ2v) is 5.40. The molecule has 6 heteroatoms. The van der Waals surface area contributed by atoms with E-state index in [4.69, 9.17) is 5.73 Å². The molecule has 2 aromatic rings. The Labute approximate surface area is 105 Å². The van der Waals surface area contributed by atoms with Crippen LogP contribution in [0.3, 0.4) is 0 Å². The van der Waals surface area contributed by atoms with Crippen molar-refractivity contribution in [3.05, 3.63) is 35.9 Å². The van der Waals surface area contributed by atoms with E-state index in [9.17, 15) is 13.0 Å². The van der Waals surface area contributed by atoms with Gasteiger partial charge in [0.15, 0.2) is 0 Å². The molecule has 2 aromatic carbocycles. The van der Waals surface area contributed by atoms with E-state index in [1.807, 2.05) is 13.1 Å². The van der Waals surface area contributed by atoms with Gasteiger partial charge in [-0.25, -0.2) is 0 Å². The lowest BCUT2D eigenvalue weighted by molar-refractivity contribution is 0.484. The summed E-state index contributed by atoms with van der Waals surface area (Å²) < 4.78 is 31.9. The van der Waals surface area contributed by atoms with Crippen LogP contribution in [0.5, 0.6) is 0 Å². The fraction of sp³-hybridized carbons (Fsp3) is 0.167. The summed E-state index contributed by atoms with van der Waals surface area (Å²) in [5.74, 6) is 0. The van der Waals surface area contributed by atoms with Gasteiger partial charge >= 0.3 is 0 Å². The van der Waals surface area contributed by atoms with Crippen LogP contribution in [0.15, 0.2) is 35.2 Å². The highest BCUT2D eigenvalue weighted by Crippen LogP contribution is 2.29. The Morgan fingerprint density at radius 2 is 2.00 bits per heavy atom. The molecule has 0 bridgehead atoms. The number of hydrogen-bond donors (Lipinski definition) is 3. The first-order valence-electron chi connectivity index (χ1n) is 5.36. The van der Waals surface area contributed by atoms with Gasteiger partial charge in [0.25, 0.3) is 10.1 Å². The fourth-order valence-corrected chi connectivity index (χ4v) is 2.80. The van der Waals surface area contributed by atoms with Crippen molar-refractivity contribution in [2.75, 3.05) is 12.8 Å². The summed E-state index contributed by atoms with van der Waals surface area (Å²) in [6.07, 6.45) is 0. The highest BCUT2D eigenvalue weighted by molar-refractivity contribution is 7.86. The van der Waals surface area contributed by atoms with Gasteiger partial charge in [-0.2, -0.15) is 8.42 Å². The first-order valence-corrected chi connectivity index (χ1v) is 6.80. The third-order valence-corrected chi connectivity index (χ3v) is 3.68. The molecule has 2 rings (SSSR count). The Balaban J connectivity index is 2.75. The molecule has 4 N–H and O–H groups in total. The maximum Gasteiger partial charge on any atom is 0.297 e. The normalized spacial score (nSPS) is 11.9. The maximum absolute atomic E-state index is 11.3. The molecular weight excluding hydrogens is 252 g/mol. The van der Waals surface area contributed by atoms with Crippen molar-refractivity contribution in [3.8, 4) is 0 Å². The average molecular weight is 266 g/mol. The molecule has 0 heterocycles. The molecule has 0 aromatic heterocycles. The van der Waals surface area contributed by atoms with Crippen molar-refractivity contribution in [2.45, 2.75) is 11.4 Å². The fourth-order valence-electron chi connectivity index (χ4n) is 1.97. The van der Waals surface area contributed by atoms with Gasteiger partial charge in [-0.15, -0.1) is 0 Å². The molecule has 0 fully saturated rings. The lowest BCUT2D eigenvalue weighted by atomic mass is 10.1. The number of hydrogen-bond acceptors (Lipinski definition) is 4. The Bertz CT molecular complexity index is 696. The van der Waals surface area contributed by atoms with Crippen LogP contribution < -0.4 is 11.1 Å². The molecule has 0 aliphatic heterocycles. The topological polar surface area (TPSA) is 92.4 Å². The molecule has 0 aliphatic carbocycles. The van der Waals surface area contributed by atoms with Crippen molar-refractivity contribution in [1.82, 2.24) is 5.32 Å². The Morgan fingerprint density at radius 3 is 2.61 bits per heavy atom. The number of benzene rings is 2. The highest BCUT2D eigenvalue weighted by Gasteiger charge is 2.17. The zero-order valence-corrected chi connectivity index (χ0v) is 10.7. The molecule has 18 heavy (non-hydrogen) atoms. The second-order valence-electron chi connectivity index (χ2n) is 4.04. The quantitative estimate of drug-likeness (QED) is 0.576. The summed E-state index contributed by atoms with van der Waals surface area (Å²) in [4.78, 5) is -0.226. The van der Waals surface area contributed by atoms with E-state index in [2.05, 4.69) is 5.32 Å². The van der Waals surface area contributed by atoms with Gasteiger partial charge < -0.3 is 11.1 Å². The zero-order chi connectivity index (χ0) is 13.3. The number of rotatable bonds is 3. The molecule has 0 atom stereocenters. The van der Waals surface area contributed by atoms with Crippen molar-refractivity contribution >= 4 is 26.6 Å². The average Bonchev–Trinajstić information content (AvgIpc) is 2.28. The molecule has 96 valence electrons. The number of fused-ring (bicyclic) bond motifs is 1. The zero-order valence-electron chi connectivity index (χ0n) is 9.84. The van der Waals surface area contributed by atoms with Crippen LogP contribution in [0.4, 0.5) is 5.69 Å². The van der Waals surface area contributed by atoms with E-state index in [1.165, 1.54) is 6.07 Å². The standard InChI is InChI=1S/C12H14N2O3S/c1-14-7-8-2-4-10-9(6-8)3-5-11(13)12(10)18(15,16)17/h2-6,14H,7,13H2,1H3,(H,15,16,17). The van der Waals surface area contributed by atoms with E-state index < -0.39 is 10.1 Å². The molecule has 0 aliphatic rings. The monoisotopic (exact) mass is 266 g/mol. The van der Waals surface area contributed by atoms with Crippen LogP contribution in [-0.4, -0.2) is 20.0 Å². The van der Waals surface area contributed by atoms with Gasteiger partial charge in [0, 0.05) is 11.9 Å². The largest absolute Gasteiger partial charge is 0.398 e. The van der Waals surface area contributed by atoms with Crippen LogP contribution in [0, 0.1) is 0 Å². The van der Waals surface area contributed by atoms with Gasteiger partial charge in [0.1, 0.15) is 4.90 Å². The summed E-state index contributed by atoms with van der Waals surface area (Å²) in [6, 6.07) is 8.53. The first-order chi connectivity index (χ1) is 8.43. The summed E-state index contributed by atoms with van der Waals surface area (Å²) in [5.41, 5.74) is 6.69. The Hall–Kier alpha value is -1.63. The van der Waals surface area contributed by atoms with Gasteiger partial charge in [-0.05, 0) is 30.1 Å². The SMILES string of the molecule is CNCc1ccc2c(S(=O)(=O)O)c(N)ccc2c1. The summed E-state index contributed by atoms with van der Waals surface area (Å²) >= 11 is 0. The number of nitrogen functional groups attached to an aromatic ring is 1. The lowest BCUT2D eigenvalue weighted by Gasteiger charge is -2.09. The van der Waals surface area contributed by atoms with Crippen molar-refractivity contribution < 1.29 is 13.0 Å². The van der Waals surface area contributed by atoms with Crippen molar-refractivity contribution in [1.29, 1.82) is 0 Å². The van der Waals surface area contributed by atoms with Gasteiger partial charge in [0.2, 0.25) is 0 Å². The van der Waals surface area contributed by atoms with E-state index in [-0.39, 0.29) is 10.6 Å². The van der Waals surface area contributed by atoms with Crippen LogP contribution in [0.2, 0.25) is 0 Å². The summed E-state index contributed by atoms with van der Waals surface area (Å²) in [7, 11) is -2.50. The van der Waals surface area contributed by atoms with E-state index in [0.29, 0.717) is 11.9 Å². The number of anilines is 1. The van der Waals surface area contributed by atoms with Crippen LogP contribution in [0.1, 0.15) is 5.56 Å². The van der Waals surface area contributed by atoms with Crippen molar-refractivity contribution in [2.24, 2.45) is 0 Å². The molecule has 5 nitrogen and oxygen atoms in total. The van der Waals surface area contributed by atoms with Crippen LogP contribution >= 0.6 is 0 Å². The molecule has 0 radical (unpaired) electrons. The van der Waals surface area contributed by atoms with E-state index in [0.717, 1.165) is 10.9 Å². The second kappa shape index (κ2) is 4.56. The number of nitrogens with one attached hydrogen (secondary N) is 1. The molecule has 0 saturated carbocycles. The maximum atomic E-state index is 11.3. The molecule has 0 saturated heterocycles. The van der Waals surface area contributed by atoms with E-state index >= 15 is 0 Å². The minimum Gasteiger partial charge on any atom is -0.398 e. The first kappa shape index (κ1) is 12.8. The lowest BCUT2D eigenvalue weighted by Crippen LogP contribution is -2.06. The molecule has 0 amide bonds. The minimum atomic E-state index is -4.33. The van der Waals surface area contributed by atoms with Gasteiger partial charge in [-0.1, -0.05) is 18.2 Å². The van der Waals surface area contributed by atoms with Crippen LogP contribution in [-0.2, 0) is 16.7 Å².